The molecule has 1 aromatic rings. The predicted molar refractivity (Wildman–Crippen MR) is 61.7 cm³/mol. The third-order valence-electron chi connectivity index (χ3n) is 2.71. The van der Waals surface area contributed by atoms with Crippen molar-refractivity contribution in [3.63, 3.8) is 0 Å². The van der Waals surface area contributed by atoms with Crippen LogP contribution in [0, 0.1) is 0 Å². The molecular weight excluding hydrogens is 188 g/mol. The van der Waals surface area contributed by atoms with Gasteiger partial charge in [0.2, 0.25) is 0 Å². The zero-order valence-corrected chi connectivity index (χ0v) is 9.19. The molecule has 0 amide bonds. The summed E-state index contributed by atoms with van der Waals surface area (Å²) in [6, 6.07) is 2.55. The third kappa shape index (κ3) is 2.58. The Kier molecular flexibility index (Phi) is 3.04. The van der Waals surface area contributed by atoms with Crippen molar-refractivity contribution in [1.29, 1.82) is 0 Å². The average Bonchev–Trinajstić information content (AvgIpc) is 3.03. The molecule has 82 valence electrons. The van der Waals surface area contributed by atoms with E-state index in [0.717, 1.165) is 12.4 Å². The Morgan fingerprint density at radius 1 is 1.47 bits per heavy atom. The predicted octanol–water partition coefficient (Wildman–Crippen LogP) is 1.83. The van der Waals surface area contributed by atoms with Crippen molar-refractivity contribution in [2.75, 3.05) is 17.2 Å². The van der Waals surface area contributed by atoms with Crippen molar-refractivity contribution in [3.05, 3.63) is 12.4 Å². The maximum atomic E-state index is 5.67. The Hall–Kier alpha value is -1.32. The molecule has 1 aliphatic rings. The first-order chi connectivity index (χ1) is 7.31. The number of rotatable bonds is 5. The topological polar surface area (TPSA) is 55.0 Å². The Bertz CT molecular complexity index is 322. The molecule has 0 saturated heterocycles. The van der Waals surface area contributed by atoms with Crippen LogP contribution in [0.3, 0.4) is 0 Å². The van der Waals surface area contributed by atoms with E-state index in [1.807, 2.05) is 6.07 Å². The smallest absolute Gasteiger partial charge is 0.134 e. The lowest BCUT2D eigenvalue weighted by Crippen LogP contribution is -2.27. The summed E-state index contributed by atoms with van der Waals surface area (Å²) < 4.78 is 0. The number of hydrogen-bond donors (Lipinski definition) is 1. The largest absolute Gasteiger partial charge is 0.384 e. The summed E-state index contributed by atoms with van der Waals surface area (Å²) in [6.45, 7) is 3.29. The molecule has 1 aromatic heterocycles. The molecule has 0 atom stereocenters. The highest BCUT2D eigenvalue weighted by atomic mass is 15.2. The van der Waals surface area contributed by atoms with Crippen LogP contribution in [0.5, 0.6) is 0 Å². The van der Waals surface area contributed by atoms with E-state index in [4.69, 9.17) is 5.73 Å². The van der Waals surface area contributed by atoms with E-state index in [1.165, 1.54) is 25.7 Å². The van der Waals surface area contributed by atoms with Crippen LogP contribution in [0.15, 0.2) is 12.4 Å². The van der Waals surface area contributed by atoms with E-state index in [-0.39, 0.29) is 0 Å². The molecule has 15 heavy (non-hydrogen) atoms. The molecular formula is C11H18N4. The molecule has 2 N–H and O–H groups in total. The van der Waals surface area contributed by atoms with Gasteiger partial charge in [-0.3, -0.25) is 0 Å². The lowest BCUT2D eigenvalue weighted by molar-refractivity contribution is 0.704. The lowest BCUT2D eigenvalue weighted by Gasteiger charge is -2.23. The minimum absolute atomic E-state index is 0.558. The summed E-state index contributed by atoms with van der Waals surface area (Å²) in [4.78, 5) is 10.6. The fraction of sp³-hybridized carbons (Fsp3) is 0.636. The van der Waals surface area contributed by atoms with Gasteiger partial charge in [0.25, 0.3) is 0 Å². The Labute approximate surface area is 90.5 Å². The van der Waals surface area contributed by atoms with Crippen LogP contribution in [-0.2, 0) is 0 Å². The molecule has 0 unspecified atom stereocenters. The molecule has 2 rings (SSSR count). The molecule has 4 nitrogen and oxygen atoms in total. The Morgan fingerprint density at radius 3 is 2.87 bits per heavy atom. The highest BCUT2D eigenvalue weighted by molar-refractivity contribution is 5.47. The molecule has 1 heterocycles. The van der Waals surface area contributed by atoms with Crippen LogP contribution in [0.2, 0.25) is 0 Å². The van der Waals surface area contributed by atoms with Crippen LogP contribution >= 0.6 is 0 Å². The van der Waals surface area contributed by atoms with Gasteiger partial charge in [-0.1, -0.05) is 13.3 Å². The quantitative estimate of drug-likeness (QED) is 0.798. The summed E-state index contributed by atoms with van der Waals surface area (Å²) in [5.41, 5.74) is 5.67. The number of unbranched alkanes of at least 4 members (excludes halogenated alkanes) is 1. The van der Waals surface area contributed by atoms with E-state index in [1.54, 1.807) is 6.33 Å². The maximum absolute atomic E-state index is 5.67. The fourth-order valence-electron chi connectivity index (χ4n) is 1.72. The number of aromatic nitrogens is 2. The molecule has 1 fully saturated rings. The van der Waals surface area contributed by atoms with Gasteiger partial charge in [-0.25, -0.2) is 9.97 Å². The second-order valence-electron chi connectivity index (χ2n) is 4.08. The standard InChI is InChI=1S/C11H18N4/c1-2-3-6-15(9-4-5-9)11-7-10(12)13-8-14-11/h7-9H,2-6H2,1H3,(H2,12,13,14). The van der Waals surface area contributed by atoms with Gasteiger partial charge in [-0.05, 0) is 19.3 Å². The Morgan fingerprint density at radius 2 is 2.27 bits per heavy atom. The van der Waals surface area contributed by atoms with Crippen molar-refractivity contribution in [3.8, 4) is 0 Å². The summed E-state index contributed by atoms with van der Waals surface area (Å²) in [5.74, 6) is 1.54. The highest BCUT2D eigenvalue weighted by Gasteiger charge is 2.29. The minimum Gasteiger partial charge on any atom is -0.384 e. The van der Waals surface area contributed by atoms with Gasteiger partial charge >= 0.3 is 0 Å². The average molecular weight is 206 g/mol. The molecule has 4 heteroatoms. The van der Waals surface area contributed by atoms with Gasteiger partial charge in [0.05, 0.1) is 0 Å². The van der Waals surface area contributed by atoms with Crippen molar-refractivity contribution in [1.82, 2.24) is 9.97 Å². The highest BCUT2D eigenvalue weighted by Crippen LogP contribution is 2.30. The second-order valence-corrected chi connectivity index (χ2v) is 4.08. The molecule has 1 saturated carbocycles. The first-order valence-corrected chi connectivity index (χ1v) is 5.65. The monoisotopic (exact) mass is 206 g/mol. The molecule has 0 aliphatic heterocycles. The molecule has 0 spiro atoms. The van der Waals surface area contributed by atoms with Crippen molar-refractivity contribution < 1.29 is 0 Å². The van der Waals surface area contributed by atoms with E-state index < -0.39 is 0 Å². The maximum Gasteiger partial charge on any atom is 0.134 e. The molecule has 0 aromatic carbocycles. The van der Waals surface area contributed by atoms with Crippen LogP contribution < -0.4 is 10.6 Å². The van der Waals surface area contributed by atoms with Gasteiger partial charge < -0.3 is 10.6 Å². The van der Waals surface area contributed by atoms with Gasteiger partial charge in [0.1, 0.15) is 18.0 Å². The Balaban J connectivity index is 2.09. The number of nitrogens with zero attached hydrogens (tertiary/aromatic N) is 3. The zero-order chi connectivity index (χ0) is 10.7. The summed E-state index contributed by atoms with van der Waals surface area (Å²) >= 11 is 0. The van der Waals surface area contributed by atoms with Crippen molar-refractivity contribution in [2.24, 2.45) is 0 Å². The first-order valence-electron chi connectivity index (χ1n) is 5.65. The van der Waals surface area contributed by atoms with Gasteiger partial charge in [0, 0.05) is 18.7 Å². The number of hydrogen-bond acceptors (Lipinski definition) is 4. The van der Waals surface area contributed by atoms with Crippen LogP contribution in [0.1, 0.15) is 32.6 Å². The number of nitrogens with two attached hydrogens (primary N) is 1. The minimum atomic E-state index is 0.558. The molecule has 0 bridgehead atoms. The van der Waals surface area contributed by atoms with Gasteiger partial charge in [0.15, 0.2) is 0 Å². The normalized spacial score (nSPS) is 15.3. The van der Waals surface area contributed by atoms with Gasteiger partial charge in [-0.15, -0.1) is 0 Å². The van der Waals surface area contributed by atoms with E-state index in [0.29, 0.717) is 11.9 Å². The van der Waals surface area contributed by atoms with Crippen molar-refractivity contribution in [2.45, 2.75) is 38.6 Å². The summed E-state index contributed by atoms with van der Waals surface area (Å²) in [6.07, 6.45) is 6.54. The second kappa shape index (κ2) is 4.47. The third-order valence-corrected chi connectivity index (χ3v) is 2.71. The van der Waals surface area contributed by atoms with Gasteiger partial charge in [-0.2, -0.15) is 0 Å². The number of nitrogen functional groups attached to an aromatic ring is 1. The fourth-order valence-corrected chi connectivity index (χ4v) is 1.72. The van der Waals surface area contributed by atoms with E-state index in [9.17, 15) is 0 Å². The molecule has 1 aliphatic carbocycles. The number of anilines is 2. The van der Waals surface area contributed by atoms with Crippen molar-refractivity contribution >= 4 is 11.6 Å². The summed E-state index contributed by atoms with van der Waals surface area (Å²) in [7, 11) is 0. The SMILES string of the molecule is CCCCN(c1cc(N)ncn1)C1CC1. The van der Waals surface area contributed by atoms with Crippen LogP contribution in [-0.4, -0.2) is 22.6 Å². The van der Waals surface area contributed by atoms with E-state index in [2.05, 4.69) is 21.8 Å². The van der Waals surface area contributed by atoms with E-state index >= 15 is 0 Å². The molecule has 0 radical (unpaired) electrons. The summed E-state index contributed by atoms with van der Waals surface area (Å²) in [5, 5.41) is 0. The van der Waals surface area contributed by atoms with Crippen LogP contribution in [0.25, 0.3) is 0 Å². The van der Waals surface area contributed by atoms with Crippen LogP contribution in [0.4, 0.5) is 11.6 Å². The zero-order valence-electron chi connectivity index (χ0n) is 9.19. The first kappa shape index (κ1) is 10.2. The lowest BCUT2D eigenvalue weighted by atomic mass is 10.3.